The van der Waals surface area contributed by atoms with Crippen molar-refractivity contribution >= 4 is 85.8 Å². The van der Waals surface area contributed by atoms with Gasteiger partial charge in [0.1, 0.15) is 28.2 Å². The Kier molecular flexibility index (Phi) is 6.49. The Balaban J connectivity index is 1.63. The molecule has 2 N–H and O–H groups in total. The van der Waals surface area contributed by atoms with E-state index in [-0.39, 0.29) is 17.2 Å². The number of aromatic nitrogens is 3. The van der Waals surface area contributed by atoms with Crippen LogP contribution < -0.4 is 10.0 Å². The van der Waals surface area contributed by atoms with Gasteiger partial charge in [0.25, 0.3) is 0 Å². The number of hydrogen-bond acceptors (Lipinski definition) is 8. The molecule has 0 fully saturated rings. The third-order valence-electron chi connectivity index (χ3n) is 3.87. The summed E-state index contributed by atoms with van der Waals surface area (Å²) in [5.74, 6) is -1.36. The van der Waals surface area contributed by atoms with E-state index < -0.39 is 11.6 Å². The molecule has 0 amide bonds. The van der Waals surface area contributed by atoms with Crippen molar-refractivity contribution in [1.29, 1.82) is 0 Å². The van der Waals surface area contributed by atoms with Crippen LogP contribution in [0.25, 0.3) is 10.3 Å². The van der Waals surface area contributed by atoms with E-state index in [1.807, 2.05) is 6.26 Å². The lowest BCUT2D eigenvalue weighted by atomic mass is 10.2. The van der Waals surface area contributed by atoms with Crippen LogP contribution in [0.2, 0.25) is 10.0 Å². The summed E-state index contributed by atoms with van der Waals surface area (Å²) in [5, 5.41) is 3.44. The maximum Gasteiger partial charge on any atom is 0.173 e. The van der Waals surface area contributed by atoms with Crippen LogP contribution in [-0.4, -0.2) is 21.2 Å². The van der Waals surface area contributed by atoms with Crippen molar-refractivity contribution in [3.8, 4) is 0 Å². The highest BCUT2D eigenvalue weighted by molar-refractivity contribution is 8.00. The zero-order chi connectivity index (χ0) is 21.3. The molecule has 0 spiro atoms. The number of benzene rings is 2. The van der Waals surface area contributed by atoms with E-state index in [4.69, 9.17) is 23.2 Å². The van der Waals surface area contributed by atoms with E-state index in [1.54, 1.807) is 18.2 Å². The molecule has 0 aliphatic heterocycles. The van der Waals surface area contributed by atoms with Crippen LogP contribution in [-0.2, 0) is 0 Å². The molecular formula is C18H11Cl2F2N5S3. The van der Waals surface area contributed by atoms with Crippen molar-refractivity contribution in [1.82, 2.24) is 15.0 Å². The number of thioether (sulfide) groups is 1. The summed E-state index contributed by atoms with van der Waals surface area (Å²) < 4.78 is 33.1. The van der Waals surface area contributed by atoms with Crippen molar-refractivity contribution in [3.05, 3.63) is 58.3 Å². The van der Waals surface area contributed by atoms with E-state index in [0.717, 1.165) is 22.4 Å². The number of rotatable bonds is 6. The summed E-state index contributed by atoms with van der Waals surface area (Å²) in [6.07, 6.45) is 3.21. The first-order chi connectivity index (χ1) is 14.5. The van der Waals surface area contributed by atoms with Gasteiger partial charge in [-0.15, -0.1) is 0 Å². The molecule has 2 heterocycles. The van der Waals surface area contributed by atoms with Crippen LogP contribution in [0, 0.1) is 11.6 Å². The van der Waals surface area contributed by atoms with Gasteiger partial charge in [-0.3, -0.25) is 0 Å². The summed E-state index contributed by atoms with van der Waals surface area (Å²) in [5.41, 5.74) is 0.161. The molecule has 12 heteroatoms. The minimum atomic E-state index is -0.812. The fraction of sp³-hybridized carbons (Fsp3) is 0.0556. The summed E-state index contributed by atoms with van der Waals surface area (Å²) in [4.78, 5) is 13.9. The van der Waals surface area contributed by atoms with E-state index >= 15 is 4.39 Å². The maximum atomic E-state index is 15.1. The number of hydrogen-bond donors (Lipinski definition) is 2. The Morgan fingerprint density at radius 3 is 2.73 bits per heavy atom. The normalized spacial score (nSPS) is 11.1. The lowest BCUT2D eigenvalue weighted by molar-refractivity contribution is 0.593. The largest absolute Gasteiger partial charge is 0.333 e. The number of nitrogens with one attached hydrogen (secondary N) is 2. The van der Waals surface area contributed by atoms with E-state index in [2.05, 4.69) is 25.0 Å². The highest BCUT2D eigenvalue weighted by atomic mass is 35.5. The Hall–Kier alpha value is -1.85. The lowest BCUT2D eigenvalue weighted by Crippen LogP contribution is -2.03. The molecule has 4 aromatic rings. The fourth-order valence-electron chi connectivity index (χ4n) is 2.45. The van der Waals surface area contributed by atoms with Gasteiger partial charge < -0.3 is 10.0 Å². The van der Waals surface area contributed by atoms with Crippen molar-refractivity contribution in [3.63, 3.8) is 0 Å². The molecule has 0 saturated heterocycles. The van der Waals surface area contributed by atoms with Gasteiger partial charge >= 0.3 is 0 Å². The van der Waals surface area contributed by atoms with Crippen LogP contribution >= 0.6 is 58.2 Å². The average Bonchev–Trinajstić information content (AvgIpc) is 3.17. The molecule has 4 rings (SSSR count). The fourth-order valence-corrected chi connectivity index (χ4v) is 5.04. The smallest absolute Gasteiger partial charge is 0.173 e. The van der Waals surface area contributed by atoms with E-state index in [9.17, 15) is 4.39 Å². The average molecular weight is 502 g/mol. The summed E-state index contributed by atoms with van der Waals surface area (Å²) in [6, 6.07) is 7.56. The minimum Gasteiger partial charge on any atom is -0.333 e. The molecule has 0 bridgehead atoms. The maximum absolute atomic E-state index is 15.1. The third kappa shape index (κ3) is 4.28. The van der Waals surface area contributed by atoms with Gasteiger partial charge in [0.15, 0.2) is 16.0 Å². The van der Waals surface area contributed by atoms with Gasteiger partial charge in [0, 0.05) is 4.90 Å². The molecule has 154 valence electrons. The molecule has 5 nitrogen and oxygen atoms in total. The Morgan fingerprint density at radius 2 is 1.93 bits per heavy atom. The monoisotopic (exact) mass is 501 g/mol. The molecule has 0 atom stereocenters. The second-order valence-corrected chi connectivity index (χ2v) is 9.39. The molecule has 0 aliphatic rings. The second kappa shape index (κ2) is 9.11. The zero-order valence-corrected chi connectivity index (χ0v) is 19.0. The molecule has 0 radical (unpaired) electrons. The van der Waals surface area contributed by atoms with Gasteiger partial charge in [-0.05, 0) is 42.5 Å². The van der Waals surface area contributed by atoms with Gasteiger partial charge in [0.2, 0.25) is 0 Å². The topological polar surface area (TPSA) is 62.7 Å². The Bertz CT molecular complexity index is 1240. The van der Waals surface area contributed by atoms with Crippen molar-refractivity contribution < 1.29 is 8.78 Å². The molecule has 0 saturated carbocycles. The van der Waals surface area contributed by atoms with Crippen molar-refractivity contribution in [2.24, 2.45) is 0 Å². The second-order valence-electron chi connectivity index (χ2n) is 5.72. The lowest BCUT2D eigenvalue weighted by Gasteiger charge is -2.13. The van der Waals surface area contributed by atoms with Crippen LogP contribution in [0.4, 0.5) is 26.0 Å². The van der Waals surface area contributed by atoms with E-state index in [0.29, 0.717) is 25.3 Å². The summed E-state index contributed by atoms with van der Waals surface area (Å²) >= 11 is 16.0. The molecule has 0 aliphatic carbocycles. The standard InChI is InChI=1S/C18H11Cl2F2N5S3/c1-28-18-26-15-16(23-7-24-17(15)29-18)25-14-9(21)5-6-10(13(14)22)27-30-11-4-2-3-8(19)12(11)20/h2-7,27H,1H3,(H,23,24,25). The highest BCUT2D eigenvalue weighted by Gasteiger charge is 2.18. The van der Waals surface area contributed by atoms with Crippen molar-refractivity contribution in [2.45, 2.75) is 9.24 Å². The molecule has 2 aromatic carbocycles. The predicted molar refractivity (Wildman–Crippen MR) is 123 cm³/mol. The SMILES string of the molecule is CSc1nc2c(Nc3c(F)ccc(NSc4cccc(Cl)c4Cl)c3F)ncnc2s1. The number of fused-ring (bicyclic) bond motifs is 1. The van der Waals surface area contributed by atoms with E-state index in [1.165, 1.54) is 35.5 Å². The zero-order valence-electron chi connectivity index (χ0n) is 15.0. The summed E-state index contributed by atoms with van der Waals surface area (Å²) in [7, 11) is 0. The first-order valence-corrected chi connectivity index (χ1v) is 11.9. The summed E-state index contributed by atoms with van der Waals surface area (Å²) in [6.45, 7) is 0. The van der Waals surface area contributed by atoms with Gasteiger partial charge in [-0.1, -0.05) is 52.4 Å². The van der Waals surface area contributed by atoms with Gasteiger partial charge in [0.05, 0.1) is 15.7 Å². The molecule has 2 aromatic heterocycles. The van der Waals surface area contributed by atoms with Crippen LogP contribution in [0.1, 0.15) is 0 Å². The molecule has 0 unspecified atom stereocenters. The quantitative estimate of drug-likeness (QED) is 0.213. The first-order valence-electron chi connectivity index (χ1n) is 8.25. The van der Waals surface area contributed by atoms with Crippen molar-refractivity contribution in [2.75, 3.05) is 16.3 Å². The third-order valence-corrected chi connectivity index (χ3v) is 7.63. The highest BCUT2D eigenvalue weighted by Crippen LogP contribution is 2.37. The van der Waals surface area contributed by atoms with Gasteiger partial charge in [-0.25, -0.2) is 23.7 Å². The van der Waals surface area contributed by atoms with Crippen LogP contribution in [0.15, 0.2) is 45.9 Å². The minimum absolute atomic E-state index is 0.0633. The Labute approximate surface area is 192 Å². The first kappa shape index (κ1) is 21.4. The molecular weight excluding hydrogens is 491 g/mol. The van der Waals surface area contributed by atoms with Crippen LogP contribution in [0.3, 0.4) is 0 Å². The predicted octanol–water partition coefficient (Wildman–Crippen LogP) is 7.26. The Morgan fingerprint density at radius 1 is 1.10 bits per heavy atom. The number of nitrogens with zero attached hydrogens (tertiary/aromatic N) is 3. The molecule has 30 heavy (non-hydrogen) atoms. The number of anilines is 3. The van der Waals surface area contributed by atoms with Gasteiger partial charge in [-0.2, -0.15) is 0 Å². The number of thiazole rings is 1. The number of halogens is 4. The van der Waals surface area contributed by atoms with Crippen LogP contribution in [0.5, 0.6) is 0 Å².